The van der Waals surface area contributed by atoms with Gasteiger partial charge in [-0.25, -0.2) is 0 Å². The lowest BCUT2D eigenvalue weighted by atomic mass is 9.86. The highest BCUT2D eigenvalue weighted by molar-refractivity contribution is 6.72. The van der Waals surface area contributed by atoms with Gasteiger partial charge in [0.1, 0.15) is 11.9 Å². The molecule has 2 aliphatic heterocycles. The molecule has 1 unspecified atom stereocenters. The van der Waals surface area contributed by atoms with E-state index in [9.17, 15) is 14.7 Å². The zero-order valence-electron chi connectivity index (χ0n) is 24.5. The highest BCUT2D eigenvalue weighted by Gasteiger charge is 2.49. The second-order valence-electron chi connectivity index (χ2n) is 11.9. The van der Waals surface area contributed by atoms with Crippen molar-refractivity contribution < 1.29 is 28.3 Å². The molecule has 2 N–H and O–H groups in total. The average molecular weight is 591 g/mol. The molecular formula is C33H39FN2O5Si. The third kappa shape index (κ3) is 6.14. The number of nitrogens with zero attached hydrogens (tertiary/aromatic N) is 1. The number of anilines is 1. The number of hydrogen-bond donors (Lipinski definition) is 2. The van der Waals surface area contributed by atoms with Crippen LogP contribution < -0.4 is 10.1 Å². The topological polar surface area (TPSA) is 88.1 Å². The van der Waals surface area contributed by atoms with Crippen molar-refractivity contribution in [3.63, 3.8) is 0 Å². The van der Waals surface area contributed by atoms with Crippen molar-refractivity contribution in [1.82, 2.24) is 4.90 Å². The standard InChI is InChI=1S/C33H39FN2O5Si/c1-21-31(40-2)27-17-25(35-33(39)22-10-6-5-7-11-22)14-15-28(27)41-32(21)29(42(3,4)34)18-30(38)36-19-24-13-9-8-12-23(24)16-26(36)20-37/h5-15,17,21,26,29,31-32,37H,16,18-20H2,1-4H3,(H,35,39)/t21-,26+,29?,31-,32-/m1/s1. The summed E-state index contributed by atoms with van der Waals surface area (Å²) in [5, 5.41) is 13.0. The van der Waals surface area contributed by atoms with Crippen LogP contribution in [0.1, 0.15) is 46.5 Å². The van der Waals surface area contributed by atoms with E-state index in [1.807, 2.05) is 55.5 Å². The third-order valence-electron chi connectivity index (χ3n) is 8.68. The van der Waals surface area contributed by atoms with Crippen molar-refractivity contribution in [2.75, 3.05) is 19.0 Å². The molecule has 7 nitrogen and oxygen atoms in total. The van der Waals surface area contributed by atoms with Gasteiger partial charge in [0.2, 0.25) is 14.3 Å². The SMILES string of the molecule is CO[C@H]1c2cc(NC(=O)c3ccccc3)ccc2O[C@@H](C(CC(=O)N2Cc3ccccc3C[C@H]2CO)[Si](C)(C)F)[C@@H]1C. The number of carbonyl (C=O) groups excluding carboxylic acids is 2. The molecule has 0 aliphatic carbocycles. The number of nitrogens with one attached hydrogen (secondary N) is 1. The maximum atomic E-state index is 16.1. The Morgan fingerprint density at radius 2 is 1.79 bits per heavy atom. The van der Waals surface area contributed by atoms with Crippen LogP contribution in [0, 0.1) is 5.92 Å². The molecule has 3 aromatic rings. The number of carbonyl (C=O) groups is 2. The Balaban J connectivity index is 1.38. The van der Waals surface area contributed by atoms with Crippen molar-refractivity contribution in [3.05, 3.63) is 95.1 Å². The Labute approximate surface area is 247 Å². The molecule has 9 heteroatoms. The van der Waals surface area contributed by atoms with E-state index in [0.717, 1.165) is 16.7 Å². The van der Waals surface area contributed by atoms with Crippen molar-refractivity contribution in [1.29, 1.82) is 0 Å². The fourth-order valence-corrected chi connectivity index (χ4v) is 8.16. The fraction of sp³-hybridized carbons (Fsp3) is 0.394. The third-order valence-corrected chi connectivity index (χ3v) is 11.0. The number of aliphatic hydroxyl groups is 1. The second kappa shape index (κ2) is 12.4. The highest BCUT2D eigenvalue weighted by Crippen LogP contribution is 2.48. The summed E-state index contributed by atoms with van der Waals surface area (Å²) >= 11 is 0. The summed E-state index contributed by atoms with van der Waals surface area (Å²) in [6.07, 6.45) is -0.459. The van der Waals surface area contributed by atoms with Gasteiger partial charge in [-0.2, -0.15) is 0 Å². The molecule has 5 atom stereocenters. The summed E-state index contributed by atoms with van der Waals surface area (Å²) in [5.74, 6) is -0.115. The number of hydrogen-bond acceptors (Lipinski definition) is 5. The Bertz CT molecular complexity index is 1430. The van der Waals surface area contributed by atoms with E-state index in [4.69, 9.17) is 9.47 Å². The molecule has 2 amide bonds. The molecule has 0 spiro atoms. The predicted octanol–water partition coefficient (Wildman–Crippen LogP) is 5.90. The number of methoxy groups -OCH3 is 1. The maximum Gasteiger partial charge on any atom is 0.255 e. The zero-order valence-corrected chi connectivity index (χ0v) is 25.5. The summed E-state index contributed by atoms with van der Waals surface area (Å²) in [6.45, 7) is 5.44. The van der Waals surface area contributed by atoms with Crippen LogP contribution in [0.25, 0.3) is 0 Å². The van der Waals surface area contributed by atoms with E-state index in [-0.39, 0.29) is 36.8 Å². The monoisotopic (exact) mass is 590 g/mol. The molecule has 0 aromatic heterocycles. The van der Waals surface area contributed by atoms with Gasteiger partial charge >= 0.3 is 0 Å². The van der Waals surface area contributed by atoms with Crippen molar-refractivity contribution in [2.24, 2.45) is 5.92 Å². The van der Waals surface area contributed by atoms with Crippen molar-refractivity contribution >= 4 is 25.9 Å². The lowest BCUT2D eigenvalue weighted by Crippen LogP contribution is -2.50. The normalized spacial score (nSPS) is 22.4. The largest absolute Gasteiger partial charge is 0.490 e. The second-order valence-corrected chi connectivity index (χ2v) is 15.7. The Kier molecular flexibility index (Phi) is 8.82. The molecule has 2 heterocycles. The van der Waals surface area contributed by atoms with Crippen LogP contribution >= 0.6 is 0 Å². The highest BCUT2D eigenvalue weighted by atomic mass is 28.4. The van der Waals surface area contributed by atoms with Crippen molar-refractivity contribution in [2.45, 2.75) is 63.2 Å². The zero-order chi connectivity index (χ0) is 30.0. The van der Waals surface area contributed by atoms with Gasteiger partial charge in [0.25, 0.3) is 5.91 Å². The molecule has 0 saturated carbocycles. The van der Waals surface area contributed by atoms with E-state index >= 15 is 4.11 Å². The van der Waals surface area contributed by atoms with Gasteiger partial charge in [-0.05, 0) is 61.0 Å². The quantitative estimate of drug-likeness (QED) is 0.252. The first kappa shape index (κ1) is 29.9. The van der Waals surface area contributed by atoms with Crippen LogP contribution in [-0.4, -0.2) is 56.1 Å². The summed E-state index contributed by atoms with van der Waals surface area (Å²) in [6, 6.07) is 21.9. The van der Waals surface area contributed by atoms with Gasteiger partial charge in [0.15, 0.2) is 0 Å². The molecule has 0 saturated heterocycles. The number of amides is 2. The number of aliphatic hydroxyl groups excluding tert-OH is 1. The van der Waals surface area contributed by atoms with Gasteiger partial charge < -0.3 is 28.9 Å². The van der Waals surface area contributed by atoms with Gasteiger partial charge in [-0.1, -0.05) is 49.4 Å². The van der Waals surface area contributed by atoms with E-state index in [0.29, 0.717) is 30.0 Å². The van der Waals surface area contributed by atoms with Crippen LogP contribution in [0.5, 0.6) is 5.75 Å². The molecule has 222 valence electrons. The summed E-state index contributed by atoms with van der Waals surface area (Å²) in [7, 11) is -1.82. The number of halogens is 1. The van der Waals surface area contributed by atoms with E-state index in [2.05, 4.69) is 5.32 Å². The lowest BCUT2D eigenvalue weighted by molar-refractivity contribution is -0.136. The summed E-state index contributed by atoms with van der Waals surface area (Å²) in [4.78, 5) is 28.2. The Hall–Kier alpha value is -3.53. The fourth-order valence-electron chi connectivity index (χ4n) is 6.35. The molecule has 0 bridgehead atoms. The minimum absolute atomic E-state index is 0.0135. The molecule has 0 fully saturated rings. The van der Waals surface area contributed by atoms with Gasteiger partial charge in [-0.15, -0.1) is 0 Å². The van der Waals surface area contributed by atoms with E-state index < -0.39 is 26.2 Å². The number of rotatable bonds is 8. The molecule has 42 heavy (non-hydrogen) atoms. The van der Waals surface area contributed by atoms with Crippen LogP contribution in [0.15, 0.2) is 72.8 Å². The van der Waals surface area contributed by atoms with E-state index in [1.165, 1.54) is 0 Å². The average Bonchev–Trinajstić information content (AvgIpc) is 2.99. The first-order valence-electron chi connectivity index (χ1n) is 14.5. The van der Waals surface area contributed by atoms with Crippen LogP contribution in [-0.2, 0) is 22.5 Å². The van der Waals surface area contributed by atoms with Crippen LogP contribution in [0.3, 0.4) is 0 Å². The summed E-state index contributed by atoms with van der Waals surface area (Å²) in [5.41, 5.74) is 3.45. The van der Waals surface area contributed by atoms with E-state index in [1.54, 1.807) is 49.4 Å². The molecule has 0 radical (unpaired) electrons. The predicted molar refractivity (Wildman–Crippen MR) is 163 cm³/mol. The smallest absolute Gasteiger partial charge is 0.255 e. The van der Waals surface area contributed by atoms with Crippen LogP contribution in [0.2, 0.25) is 18.6 Å². The lowest BCUT2D eigenvalue weighted by Gasteiger charge is -2.44. The van der Waals surface area contributed by atoms with Gasteiger partial charge in [0.05, 0.1) is 18.8 Å². The summed E-state index contributed by atoms with van der Waals surface area (Å²) < 4.78 is 28.5. The van der Waals surface area contributed by atoms with Gasteiger partial charge in [0, 0.05) is 48.3 Å². The molecule has 2 aliphatic rings. The number of fused-ring (bicyclic) bond motifs is 2. The molecule has 5 rings (SSSR count). The van der Waals surface area contributed by atoms with Gasteiger partial charge in [-0.3, -0.25) is 9.59 Å². The molecular weight excluding hydrogens is 551 g/mol. The number of ether oxygens (including phenoxy) is 2. The number of benzene rings is 3. The minimum atomic E-state index is -3.43. The first-order valence-corrected chi connectivity index (χ1v) is 17.4. The first-order chi connectivity index (χ1) is 20.1. The van der Waals surface area contributed by atoms with Crippen molar-refractivity contribution in [3.8, 4) is 5.75 Å². The Morgan fingerprint density at radius 1 is 1.10 bits per heavy atom. The van der Waals surface area contributed by atoms with Crippen LogP contribution in [0.4, 0.5) is 9.80 Å². The molecule has 3 aromatic carbocycles. The maximum absolute atomic E-state index is 16.1. The Morgan fingerprint density at radius 3 is 2.45 bits per heavy atom. The minimum Gasteiger partial charge on any atom is -0.490 e.